The highest BCUT2D eigenvalue weighted by Crippen LogP contribution is 2.32. The molecule has 3 aromatic rings. The predicted molar refractivity (Wildman–Crippen MR) is 121 cm³/mol. The molecule has 1 atom stereocenters. The Bertz CT molecular complexity index is 1090. The number of para-hydroxylation sites is 1. The molecule has 0 bridgehead atoms. The van der Waals surface area contributed by atoms with E-state index >= 15 is 0 Å². The normalized spacial score (nSPS) is 15.6. The number of amides is 2. The first-order chi connectivity index (χ1) is 15.0. The third kappa shape index (κ3) is 4.67. The van der Waals surface area contributed by atoms with E-state index < -0.39 is 5.91 Å². The molecule has 1 aliphatic rings. The van der Waals surface area contributed by atoms with Crippen molar-refractivity contribution in [1.82, 2.24) is 9.88 Å². The molecule has 7 heteroatoms. The van der Waals surface area contributed by atoms with Crippen molar-refractivity contribution in [2.45, 2.75) is 25.3 Å². The third-order valence-electron chi connectivity index (χ3n) is 5.25. The zero-order valence-electron chi connectivity index (χ0n) is 17.0. The van der Waals surface area contributed by atoms with E-state index in [-0.39, 0.29) is 11.9 Å². The van der Waals surface area contributed by atoms with Crippen LogP contribution < -0.4 is 10.5 Å². The Morgan fingerprint density at radius 1 is 1.16 bits per heavy atom. The first kappa shape index (κ1) is 20.8. The number of thiazole rings is 1. The van der Waals surface area contributed by atoms with Crippen molar-refractivity contribution >= 4 is 23.2 Å². The van der Waals surface area contributed by atoms with Crippen LogP contribution in [0.15, 0.2) is 67.3 Å². The molecule has 2 N–H and O–H groups in total. The number of hydrogen-bond acceptors (Lipinski definition) is 5. The van der Waals surface area contributed by atoms with Crippen LogP contribution >= 0.6 is 11.3 Å². The average molecular weight is 434 g/mol. The first-order valence-corrected chi connectivity index (χ1v) is 10.9. The summed E-state index contributed by atoms with van der Waals surface area (Å²) in [6.07, 6.45) is 3.80. The SMILES string of the molecule is C=CC(=O)N1CCCC1Cc1nc(-c2ccc(Oc3ccccc3)cc2)c(C(N)=O)s1. The molecule has 1 fully saturated rings. The monoisotopic (exact) mass is 433 g/mol. The van der Waals surface area contributed by atoms with Crippen LogP contribution in [0.2, 0.25) is 0 Å². The minimum absolute atomic E-state index is 0.0619. The Morgan fingerprint density at radius 3 is 2.55 bits per heavy atom. The summed E-state index contributed by atoms with van der Waals surface area (Å²) >= 11 is 1.30. The van der Waals surface area contributed by atoms with Crippen molar-refractivity contribution in [1.29, 1.82) is 0 Å². The first-order valence-electron chi connectivity index (χ1n) is 10.1. The van der Waals surface area contributed by atoms with Gasteiger partial charge in [0.05, 0.1) is 10.7 Å². The van der Waals surface area contributed by atoms with E-state index in [4.69, 9.17) is 15.5 Å². The van der Waals surface area contributed by atoms with Crippen LogP contribution in [0.1, 0.15) is 27.5 Å². The van der Waals surface area contributed by atoms with Gasteiger partial charge in [-0.25, -0.2) is 4.98 Å². The van der Waals surface area contributed by atoms with Crippen LogP contribution in [0, 0.1) is 0 Å². The van der Waals surface area contributed by atoms with Crippen LogP contribution in [0.3, 0.4) is 0 Å². The van der Waals surface area contributed by atoms with Crippen LogP contribution in [-0.2, 0) is 11.2 Å². The predicted octanol–water partition coefficient (Wildman–Crippen LogP) is 4.42. The topological polar surface area (TPSA) is 85.5 Å². The fourth-order valence-corrected chi connectivity index (χ4v) is 4.79. The van der Waals surface area contributed by atoms with Gasteiger partial charge in [0.2, 0.25) is 5.91 Å². The van der Waals surface area contributed by atoms with Gasteiger partial charge in [-0.2, -0.15) is 0 Å². The zero-order chi connectivity index (χ0) is 21.8. The number of rotatable bonds is 7. The number of benzene rings is 2. The van der Waals surface area contributed by atoms with E-state index in [1.165, 1.54) is 17.4 Å². The Hall–Kier alpha value is -3.45. The maximum atomic E-state index is 12.1. The Kier molecular flexibility index (Phi) is 6.13. The number of hydrogen-bond donors (Lipinski definition) is 1. The molecule has 2 amide bonds. The van der Waals surface area contributed by atoms with E-state index in [1.807, 2.05) is 59.5 Å². The summed E-state index contributed by atoms with van der Waals surface area (Å²) in [7, 11) is 0. The number of likely N-dealkylation sites (tertiary alicyclic amines) is 1. The summed E-state index contributed by atoms with van der Waals surface area (Å²) in [5, 5.41) is 0.794. The lowest BCUT2D eigenvalue weighted by atomic mass is 10.1. The van der Waals surface area contributed by atoms with Crippen LogP contribution in [-0.4, -0.2) is 34.3 Å². The molecule has 6 nitrogen and oxygen atoms in total. The van der Waals surface area contributed by atoms with E-state index in [2.05, 4.69) is 6.58 Å². The van der Waals surface area contributed by atoms with Gasteiger partial charge in [-0.15, -0.1) is 11.3 Å². The standard InChI is InChI=1S/C24H23N3O3S/c1-2-21(28)27-14-6-7-17(27)15-20-26-22(23(31-20)24(25)29)16-10-12-19(13-11-16)30-18-8-4-3-5-9-18/h2-5,8-13,17H,1,6-7,14-15H2,(H2,25,29). The zero-order valence-corrected chi connectivity index (χ0v) is 17.8. The fraction of sp³-hybridized carbons (Fsp3) is 0.208. The molecular weight excluding hydrogens is 410 g/mol. The summed E-state index contributed by atoms with van der Waals surface area (Å²) in [6, 6.07) is 17.0. The lowest BCUT2D eigenvalue weighted by molar-refractivity contribution is -0.126. The summed E-state index contributed by atoms with van der Waals surface area (Å²) in [5.41, 5.74) is 6.99. The number of nitrogens with zero attached hydrogens (tertiary/aromatic N) is 2. The van der Waals surface area contributed by atoms with Gasteiger partial charge >= 0.3 is 0 Å². The molecular formula is C24H23N3O3S. The number of carbonyl (C=O) groups is 2. The maximum Gasteiger partial charge on any atom is 0.261 e. The highest BCUT2D eigenvalue weighted by Gasteiger charge is 2.29. The number of nitrogens with two attached hydrogens (primary N) is 1. The molecule has 0 radical (unpaired) electrons. The number of aromatic nitrogens is 1. The molecule has 0 aliphatic carbocycles. The smallest absolute Gasteiger partial charge is 0.261 e. The molecule has 0 saturated carbocycles. The lowest BCUT2D eigenvalue weighted by Gasteiger charge is -2.22. The van der Waals surface area contributed by atoms with Crippen molar-refractivity contribution < 1.29 is 14.3 Å². The highest BCUT2D eigenvalue weighted by atomic mass is 32.1. The van der Waals surface area contributed by atoms with Crippen LogP contribution in [0.4, 0.5) is 0 Å². The second kappa shape index (κ2) is 9.14. The molecule has 1 aliphatic heterocycles. The van der Waals surface area contributed by atoms with Gasteiger partial charge in [0, 0.05) is 24.6 Å². The second-order valence-electron chi connectivity index (χ2n) is 7.33. The van der Waals surface area contributed by atoms with Crippen LogP contribution in [0.25, 0.3) is 11.3 Å². The molecule has 4 rings (SSSR count). The highest BCUT2D eigenvalue weighted by molar-refractivity contribution is 7.14. The quantitative estimate of drug-likeness (QED) is 0.559. The van der Waals surface area contributed by atoms with Crippen LogP contribution in [0.5, 0.6) is 11.5 Å². The van der Waals surface area contributed by atoms with Gasteiger partial charge in [0.15, 0.2) is 0 Å². The van der Waals surface area contributed by atoms with E-state index in [9.17, 15) is 9.59 Å². The number of primary amides is 1. The maximum absolute atomic E-state index is 12.1. The second-order valence-corrected chi connectivity index (χ2v) is 8.41. The molecule has 2 heterocycles. The fourth-order valence-electron chi connectivity index (χ4n) is 3.78. The largest absolute Gasteiger partial charge is 0.457 e. The van der Waals surface area contributed by atoms with Gasteiger partial charge in [-0.1, -0.05) is 24.8 Å². The summed E-state index contributed by atoms with van der Waals surface area (Å²) in [5.74, 6) is 0.868. The molecule has 2 aromatic carbocycles. The minimum atomic E-state index is -0.506. The van der Waals surface area contributed by atoms with Crippen molar-refractivity contribution in [3.63, 3.8) is 0 Å². The molecule has 0 spiro atoms. The molecule has 1 aromatic heterocycles. The van der Waals surface area contributed by atoms with Crippen molar-refractivity contribution in [3.8, 4) is 22.8 Å². The summed E-state index contributed by atoms with van der Waals surface area (Å²) in [6.45, 7) is 4.31. The Labute approximate surface area is 185 Å². The van der Waals surface area contributed by atoms with E-state index in [0.29, 0.717) is 22.7 Å². The molecule has 158 valence electrons. The Balaban J connectivity index is 1.55. The van der Waals surface area contributed by atoms with Gasteiger partial charge in [-0.3, -0.25) is 9.59 Å². The van der Waals surface area contributed by atoms with Crippen molar-refractivity contribution in [3.05, 3.63) is 77.1 Å². The molecule has 1 unspecified atom stereocenters. The lowest BCUT2D eigenvalue weighted by Crippen LogP contribution is -2.35. The third-order valence-corrected chi connectivity index (χ3v) is 6.34. The number of carbonyl (C=O) groups excluding carboxylic acids is 2. The molecule has 31 heavy (non-hydrogen) atoms. The summed E-state index contributed by atoms with van der Waals surface area (Å²) in [4.78, 5) is 31.1. The van der Waals surface area contributed by atoms with Crippen molar-refractivity contribution in [2.75, 3.05) is 6.54 Å². The Morgan fingerprint density at radius 2 is 1.87 bits per heavy atom. The minimum Gasteiger partial charge on any atom is -0.457 e. The van der Waals surface area contributed by atoms with Gasteiger partial charge in [-0.05, 0) is 55.3 Å². The summed E-state index contributed by atoms with van der Waals surface area (Å²) < 4.78 is 5.83. The van der Waals surface area contributed by atoms with Gasteiger partial charge < -0.3 is 15.4 Å². The number of ether oxygens (including phenoxy) is 1. The van der Waals surface area contributed by atoms with Crippen molar-refractivity contribution in [2.24, 2.45) is 5.73 Å². The average Bonchev–Trinajstić information content (AvgIpc) is 3.42. The molecule has 1 saturated heterocycles. The van der Waals surface area contributed by atoms with E-state index in [1.54, 1.807) is 0 Å². The van der Waals surface area contributed by atoms with E-state index in [0.717, 1.165) is 35.7 Å². The van der Waals surface area contributed by atoms with Gasteiger partial charge in [0.1, 0.15) is 16.4 Å². The van der Waals surface area contributed by atoms with Gasteiger partial charge in [0.25, 0.3) is 5.91 Å².